The predicted molar refractivity (Wildman–Crippen MR) is 127 cm³/mol. The lowest BCUT2D eigenvalue weighted by molar-refractivity contribution is -0.0365. The van der Waals surface area contributed by atoms with Gasteiger partial charge in [-0.15, -0.1) is 0 Å². The second kappa shape index (κ2) is 8.40. The van der Waals surface area contributed by atoms with Crippen LogP contribution < -0.4 is 4.74 Å². The SMILES string of the molecule is COc1ccc2c(c1)CC[C@@H]1[C@@H]2CC[C@@]2(C)[C@H](O)[C@@H](COS(=O)(=O)c3ccc(C)cc3)C[C@@H]12. The van der Waals surface area contributed by atoms with Crippen LogP contribution in [0.5, 0.6) is 5.75 Å². The Balaban J connectivity index is 1.33. The first kappa shape index (κ1) is 22.9. The molecule has 5 nitrogen and oxygen atoms in total. The molecule has 0 spiro atoms. The van der Waals surface area contributed by atoms with Crippen LogP contribution in [-0.2, 0) is 20.7 Å². The number of hydrogen-bond donors (Lipinski definition) is 1. The maximum atomic E-state index is 12.7. The van der Waals surface area contributed by atoms with Crippen molar-refractivity contribution in [3.05, 3.63) is 59.2 Å². The first-order valence-electron chi connectivity index (χ1n) is 12.0. The molecule has 2 saturated carbocycles. The van der Waals surface area contributed by atoms with Gasteiger partial charge in [0.1, 0.15) is 5.75 Å². The molecule has 2 aromatic carbocycles. The smallest absolute Gasteiger partial charge is 0.296 e. The van der Waals surface area contributed by atoms with Crippen molar-refractivity contribution in [2.24, 2.45) is 23.2 Å². The Kier molecular flexibility index (Phi) is 5.82. The molecule has 5 rings (SSSR count). The molecule has 1 N–H and O–H groups in total. The highest BCUT2D eigenvalue weighted by molar-refractivity contribution is 7.86. The fraction of sp³-hybridized carbons (Fsp3) is 0.556. The number of ether oxygens (including phenoxy) is 1. The lowest BCUT2D eigenvalue weighted by atomic mass is 9.55. The number of methoxy groups -OCH3 is 1. The fourth-order valence-electron chi connectivity index (χ4n) is 6.95. The molecule has 0 heterocycles. The zero-order valence-corrected chi connectivity index (χ0v) is 20.5. The Bertz CT molecular complexity index is 1130. The van der Waals surface area contributed by atoms with Gasteiger partial charge in [0.05, 0.1) is 24.7 Å². The van der Waals surface area contributed by atoms with Crippen molar-refractivity contribution < 1.29 is 22.4 Å². The number of rotatable bonds is 5. The van der Waals surface area contributed by atoms with Crippen LogP contribution in [0.15, 0.2) is 47.4 Å². The van der Waals surface area contributed by atoms with E-state index in [1.54, 1.807) is 31.4 Å². The molecule has 0 unspecified atom stereocenters. The van der Waals surface area contributed by atoms with E-state index in [9.17, 15) is 13.5 Å². The molecule has 2 aromatic rings. The molecule has 0 aromatic heterocycles. The van der Waals surface area contributed by atoms with Gasteiger partial charge in [0.25, 0.3) is 10.1 Å². The molecular weight excluding hydrogens is 436 g/mol. The third-order valence-electron chi connectivity index (χ3n) is 8.80. The van der Waals surface area contributed by atoms with Crippen LogP contribution in [0.2, 0.25) is 0 Å². The summed E-state index contributed by atoms with van der Waals surface area (Å²) >= 11 is 0. The van der Waals surface area contributed by atoms with Gasteiger partial charge in [-0.05, 0) is 97.6 Å². The predicted octanol–water partition coefficient (Wildman–Crippen LogP) is 4.85. The van der Waals surface area contributed by atoms with E-state index in [-0.39, 0.29) is 22.8 Å². The zero-order chi connectivity index (χ0) is 23.4. The molecular formula is C27H34O5S. The van der Waals surface area contributed by atoms with E-state index in [0.717, 1.165) is 43.4 Å². The molecule has 0 amide bonds. The molecule has 0 radical (unpaired) electrons. The maximum Gasteiger partial charge on any atom is 0.296 e. The lowest BCUT2D eigenvalue weighted by Crippen LogP contribution is -2.44. The van der Waals surface area contributed by atoms with Gasteiger partial charge >= 0.3 is 0 Å². The van der Waals surface area contributed by atoms with Gasteiger partial charge in [0, 0.05) is 5.92 Å². The normalized spacial score (nSPS) is 33.2. The maximum absolute atomic E-state index is 12.7. The number of aliphatic hydroxyl groups is 1. The monoisotopic (exact) mass is 470 g/mol. The summed E-state index contributed by atoms with van der Waals surface area (Å²) in [5.41, 5.74) is 3.64. The van der Waals surface area contributed by atoms with Gasteiger partial charge in [-0.25, -0.2) is 0 Å². The molecule has 6 atom stereocenters. The van der Waals surface area contributed by atoms with Crippen LogP contribution in [0.3, 0.4) is 0 Å². The van der Waals surface area contributed by atoms with E-state index in [0.29, 0.717) is 17.8 Å². The van der Waals surface area contributed by atoms with Crippen molar-refractivity contribution in [3.8, 4) is 5.75 Å². The summed E-state index contributed by atoms with van der Waals surface area (Å²) in [6, 6.07) is 13.2. The van der Waals surface area contributed by atoms with Gasteiger partial charge in [-0.2, -0.15) is 8.42 Å². The minimum atomic E-state index is -3.83. The van der Waals surface area contributed by atoms with Crippen molar-refractivity contribution in [1.29, 1.82) is 0 Å². The number of hydrogen-bond acceptors (Lipinski definition) is 5. The molecule has 178 valence electrons. The fourth-order valence-corrected chi connectivity index (χ4v) is 7.91. The third kappa shape index (κ3) is 3.90. The van der Waals surface area contributed by atoms with Gasteiger partial charge in [-0.1, -0.05) is 30.7 Å². The first-order valence-corrected chi connectivity index (χ1v) is 13.4. The van der Waals surface area contributed by atoms with Crippen molar-refractivity contribution in [3.63, 3.8) is 0 Å². The largest absolute Gasteiger partial charge is 0.497 e. The first-order chi connectivity index (χ1) is 15.7. The van der Waals surface area contributed by atoms with E-state index in [1.807, 2.05) is 6.92 Å². The number of aryl methyl sites for hydroxylation is 2. The van der Waals surface area contributed by atoms with Crippen LogP contribution in [0.25, 0.3) is 0 Å². The Hall–Kier alpha value is -1.89. The molecule has 2 fully saturated rings. The lowest BCUT2D eigenvalue weighted by Gasteiger charge is -2.50. The van der Waals surface area contributed by atoms with Crippen LogP contribution >= 0.6 is 0 Å². The highest BCUT2D eigenvalue weighted by Gasteiger charge is 2.58. The number of benzene rings is 2. The molecule has 6 heteroatoms. The number of aliphatic hydroxyl groups excluding tert-OH is 1. The summed E-state index contributed by atoms with van der Waals surface area (Å²) in [5, 5.41) is 11.3. The molecule has 3 aliphatic carbocycles. The van der Waals surface area contributed by atoms with E-state index >= 15 is 0 Å². The minimum Gasteiger partial charge on any atom is -0.497 e. The van der Waals surface area contributed by atoms with Crippen LogP contribution in [0, 0.1) is 30.1 Å². The minimum absolute atomic E-state index is 0.0363. The topological polar surface area (TPSA) is 72.8 Å². The molecule has 0 aliphatic heterocycles. The molecule has 0 bridgehead atoms. The van der Waals surface area contributed by atoms with Crippen molar-refractivity contribution in [2.45, 2.75) is 62.9 Å². The van der Waals surface area contributed by atoms with Gasteiger partial charge in [-0.3, -0.25) is 4.18 Å². The number of fused-ring (bicyclic) bond motifs is 5. The van der Waals surface area contributed by atoms with E-state index < -0.39 is 16.2 Å². The highest BCUT2D eigenvalue weighted by atomic mass is 32.2. The average molecular weight is 471 g/mol. The Labute approximate surface area is 197 Å². The summed E-state index contributed by atoms with van der Waals surface area (Å²) in [4.78, 5) is 0.170. The summed E-state index contributed by atoms with van der Waals surface area (Å²) < 4.78 is 36.3. The van der Waals surface area contributed by atoms with E-state index in [2.05, 4.69) is 25.1 Å². The van der Waals surface area contributed by atoms with Gasteiger partial charge in [0.15, 0.2) is 0 Å². The Morgan fingerprint density at radius 3 is 2.61 bits per heavy atom. The third-order valence-corrected chi connectivity index (χ3v) is 10.1. The Morgan fingerprint density at radius 2 is 1.88 bits per heavy atom. The van der Waals surface area contributed by atoms with Crippen LogP contribution in [0.1, 0.15) is 55.2 Å². The molecule has 3 aliphatic rings. The average Bonchev–Trinajstić information content (AvgIpc) is 3.07. The van der Waals surface area contributed by atoms with Gasteiger partial charge < -0.3 is 9.84 Å². The zero-order valence-electron chi connectivity index (χ0n) is 19.7. The van der Waals surface area contributed by atoms with Crippen LogP contribution in [0.4, 0.5) is 0 Å². The summed E-state index contributed by atoms with van der Waals surface area (Å²) in [5.74, 6) is 2.13. The van der Waals surface area contributed by atoms with Crippen molar-refractivity contribution in [1.82, 2.24) is 0 Å². The van der Waals surface area contributed by atoms with Crippen LogP contribution in [-0.4, -0.2) is 33.3 Å². The van der Waals surface area contributed by atoms with E-state index in [1.165, 1.54) is 11.1 Å². The quantitative estimate of drug-likeness (QED) is 0.633. The van der Waals surface area contributed by atoms with E-state index in [4.69, 9.17) is 8.92 Å². The summed E-state index contributed by atoms with van der Waals surface area (Å²) in [7, 11) is -2.12. The van der Waals surface area contributed by atoms with Crippen molar-refractivity contribution >= 4 is 10.1 Å². The van der Waals surface area contributed by atoms with Gasteiger partial charge in [0.2, 0.25) is 0 Å². The summed E-state index contributed by atoms with van der Waals surface area (Å²) in [6.07, 6.45) is 4.41. The standard InChI is InChI=1S/C27H34O5S/c1-17-4-8-21(9-5-17)33(29,30)32-16-19-15-25-24-10-6-18-14-20(31-3)7-11-22(18)23(24)12-13-27(25,2)26(19)28/h4-5,7-9,11,14,19,23-26,28H,6,10,12-13,15-16H2,1-3H3/t19-,23-,24-,25+,26-,27-/m1/s1. The summed E-state index contributed by atoms with van der Waals surface area (Å²) in [6.45, 7) is 4.16. The molecule has 0 saturated heterocycles. The Morgan fingerprint density at radius 1 is 1.12 bits per heavy atom. The molecule has 33 heavy (non-hydrogen) atoms. The second-order valence-electron chi connectivity index (χ2n) is 10.5. The second-order valence-corrected chi connectivity index (χ2v) is 12.1. The van der Waals surface area contributed by atoms with Crippen molar-refractivity contribution in [2.75, 3.05) is 13.7 Å². The highest BCUT2D eigenvalue weighted by Crippen LogP contribution is 2.62.